The molecule has 1 atom stereocenters. The predicted octanol–water partition coefficient (Wildman–Crippen LogP) is 2.60. The van der Waals surface area contributed by atoms with Crippen LogP contribution >= 0.6 is 0 Å². The van der Waals surface area contributed by atoms with Crippen LogP contribution in [-0.2, 0) is 19.6 Å². The maximum atomic E-state index is 13.2. The number of hydrogen-bond acceptors (Lipinski definition) is 5. The number of piperazine rings is 1. The zero-order valence-electron chi connectivity index (χ0n) is 19.0. The van der Waals surface area contributed by atoms with E-state index in [2.05, 4.69) is 0 Å². The van der Waals surface area contributed by atoms with E-state index in [9.17, 15) is 23.3 Å². The quantitative estimate of drug-likeness (QED) is 0.562. The van der Waals surface area contributed by atoms with Crippen molar-refractivity contribution in [1.29, 1.82) is 5.26 Å². The number of hydrogen-bond donors (Lipinski definition) is 0. The fourth-order valence-corrected chi connectivity index (χ4v) is 6.44. The van der Waals surface area contributed by atoms with Gasteiger partial charge in [-0.05, 0) is 23.6 Å². The van der Waals surface area contributed by atoms with Crippen molar-refractivity contribution in [3.05, 3.63) is 72.3 Å². The Morgan fingerprint density at radius 3 is 2.37 bits per heavy atom. The Labute approximate surface area is 204 Å². The Bertz CT molecular complexity index is 1450. The summed E-state index contributed by atoms with van der Waals surface area (Å²) < 4.78 is 27.5. The first kappa shape index (κ1) is 23.0. The molecule has 0 bridgehead atoms. The van der Waals surface area contributed by atoms with Gasteiger partial charge in [0.2, 0.25) is 21.8 Å². The summed E-state index contributed by atoms with van der Waals surface area (Å²) in [7, 11) is -3.84. The summed E-state index contributed by atoms with van der Waals surface area (Å²) >= 11 is 0. The Kier molecular flexibility index (Phi) is 6.01. The van der Waals surface area contributed by atoms with Gasteiger partial charge in [0.05, 0.1) is 22.1 Å². The molecule has 3 aromatic carbocycles. The highest BCUT2D eigenvalue weighted by Gasteiger charge is 2.39. The Balaban J connectivity index is 1.27. The Hall–Kier alpha value is -3.74. The molecule has 2 aliphatic heterocycles. The molecular weight excluding hydrogens is 464 g/mol. The third-order valence-corrected chi connectivity index (χ3v) is 8.66. The van der Waals surface area contributed by atoms with Gasteiger partial charge < -0.3 is 9.80 Å². The van der Waals surface area contributed by atoms with E-state index in [0.29, 0.717) is 6.54 Å². The van der Waals surface area contributed by atoms with Gasteiger partial charge in [0, 0.05) is 44.5 Å². The second-order valence-corrected chi connectivity index (χ2v) is 10.6. The van der Waals surface area contributed by atoms with E-state index >= 15 is 0 Å². The number of fused-ring (bicyclic) bond motifs is 1. The van der Waals surface area contributed by atoms with E-state index in [1.165, 1.54) is 16.4 Å². The maximum absolute atomic E-state index is 13.2. The molecule has 35 heavy (non-hydrogen) atoms. The fraction of sp³-hybridized carbons (Fsp3) is 0.269. The number of amides is 2. The Morgan fingerprint density at radius 1 is 0.914 bits per heavy atom. The highest BCUT2D eigenvalue weighted by molar-refractivity contribution is 7.89. The van der Waals surface area contributed by atoms with Crippen molar-refractivity contribution in [3.63, 3.8) is 0 Å². The van der Waals surface area contributed by atoms with E-state index in [1.807, 2.05) is 48.5 Å². The number of sulfonamides is 1. The molecule has 178 valence electrons. The van der Waals surface area contributed by atoms with E-state index < -0.39 is 15.9 Å². The molecular formula is C26H24N4O4S. The molecule has 2 fully saturated rings. The highest BCUT2D eigenvalue weighted by Crippen LogP contribution is 2.32. The van der Waals surface area contributed by atoms with Gasteiger partial charge in [-0.15, -0.1) is 0 Å². The van der Waals surface area contributed by atoms with Gasteiger partial charge in [-0.2, -0.15) is 9.57 Å². The average molecular weight is 489 g/mol. The number of carbonyl (C=O) groups excluding carboxylic acids is 2. The van der Waals surface area contributed by atoms with Crippen molar-refractivity contribution in [2.75, 3.05) is 37.6 Å². The van der Waals surface area contributed by atoms with Crippen molar-refractivity contribution >= 4 is 38.3 Å². The number of nitrogens with zero attached hydrogens (tertiary/aromatic N) is 4. The summed E-state index contributed by atoms with van der Waals surface area (Å²) in [6.45, 7) is 1.07. The molecule has 0 unspecified atom stereocenters. The molecule has 0 aliphatic carbocycles. The van der Waals surface area contributed by atoms with Crippen LogP contribution in [0.3, 0.4) is 0 Å². The second-order valence-electron chi connectivity index (χ2n) is 8.74. The minimum Gasteiger partial charge on any atom is -0.340 e. The van der Waals surface area contributed by atoms with E-state index in [1.54, 1.807) is 21.9 Å². The summed E-state index contributed by atoms with van der Waals surface area (Å²) in [5.41, 5.74) is 0.902. The van der Waals surface area contributed by atoms with Crippen molar-refractivity contribution in [3.8, 4) is 6.07 Å². The minimum absolute atomic E-state index is 0.0191. The molecule has 9 heteroatoms. The molecule has 5 rings (SSSR count). The molecule has 2 heterocycles. The number of anilines is 1. The van der Waals surface area contributed by atoms with Crippen molar-refractivity contribution < 1.29 is 18.0 Å². The largest absolute Gasteiger partial charge is 0.340 e. The molecule has 0 radical (unpaired) electrons. The SMILES string of the molecule is N#Cc1ccccc1S(=O)(=O)N1CCN(C(=O)[C@@H]2CC(=O)N(c3cccc4ccccc34)C2)CC1. The van der Waals surface area contributed by atoms with Gasteiger partial charge in [0.15, 0.2) is 0 Å². The van der Waals surface area contributed by atoms with Crippen LogP contribution in [0.5, 0.6) is 0 Å². The lowest BCUT2D eigenvalue weighted by Crippen LogP contribution is -2.52. The summed E-state index contributed by atoms with van der Waals surface area (Å²) in [5.74, 6) is -0.687. The lowest BCUT2D eigenvalue weighted by atomic mass is 10.1. The van der Waals surface area contributed by atoms with Crippen molar-refractivity contribution in [1.82, 2.24) is 9.21 Å². The molecule has 0 spiro atoms. The van der Waals surface area contributed by atoms with Gasteiger partial charge in [-0.1, -0.05) is 48.5 Å². The number of nitriles is 1. The van der Waals surface area contributed by atoms with E-state index in [0.717, 1.165) is 16.5 Å². The van der Waals surface area contributed by atoms with Gasteiger partial charge in [0.25, 0.3) is 0 Å². The van der Waals surface area contributed by atoms with Crippen LogP contribution in [0, 0.1) is 17.2 Å². The number of carbonyl (C=O) groups is 2. The molecule has 0 aromatic heterocycles. The average Bonchev–Trinajstić information content (AvgIpc) is 3.29. The molecule has 2 amide bonds. The van der Waals surface area contributed by atoms with Crippen LogP contribution in [0.2, 0.25) is 0 Å². The smallest absolute Gasteiger partial charge is 0.244 e. The summed E-state index contributed by atoms with van der Waals surface area (Å²) in [6.07, 6.45) is 0.135. The lowest BCUT2D eigenvalue weighted by Gasteiger charge is -2.35. The van der Waals surface area contributed by atoms with Gasteiger partial charge in [0.1, 0.15) is 6.07 Å². The first-order valence-electron chi connectivity index (χ1n) is 11.5. The van der Waals surface area contributed by atoms with E-state index in [4.69, 9.17) is 0 Å². The number of benzene rings is 3. The second kappa shape index (κ2) is 9.13. The molecule has 2 aliphatic rings. The minimum atomic E-state index is -3.84. The summed E-state index contributed by atoms with van der Waals surface area (Å²) in [4.78, 5) is 29.4. The third kappa shape index (κ3) is 4.16. The summed E-state index contributed by atoms with van der Waals surface area (Å²) in [6, 6.07) is 21.7. The van der Waals surface area contributed by atoms with Crippen LogP contribution in [-0.4, -0.2) is 62.2 Å². The van der Waals surface area contributed by atoms with Crippen LogP contribution in [0.25, 0.3) is 10.8 Å². The van der Waals surface area contributed by atoms with Crippen LogP contribution in [0.1, 0.15) is 12.0 Å². The standard InChI is InChI=1S/C26H24N4O4S/c27-17-20-7-2-4-11-24(20)35(33,34)29-14-12-28(13-15-29)26(32)21-16-25(31)30(18-21)23-10-5-8-19-6-1-3-9-22(19)23/h1-11,21H,12-16,18H2/t21-/m1/s1. The van der Waals surface area contributed by atoms with Crippen molar-refractivity contribution in [2.24, 2.45) is 5.92 Å². The van der Waals surface area contributed by atoms with Crippen LogP contribution < -0.4 is 4.90 Å². The Morgan fingerprint density at radius 2 is 1.60 bits per heavy atom. The fourth-order valence-electron chi connectivity index (χ4n) is 4.88. The highest BCUT2D eigenvalue weighted by atomic mass is 32.2. The molecule has 0 N–H and O–H groups in total. The van der Waals surface area contributed by atoms with Gasteiger partial charge in [-0.3, -0.25) is 9.59 Å². The maximum Gasteiger partial charge on any atom is 0.244 e. The summed E-state index contributed by atoms with van der Waals surface area (Å²) in [5, 5.41) is 11.3. The van der Waals surface area contributed by atoms with Crippen molar-refractivity contribution in [2.45, 2.75) is 11.3 Å². The van der Waals surface area contributed by atoms with E-state index in [-0.39, 0.29) is 54.9 Å². The molecule has 8 nitrogen and oxygen atoms in total. The molecule has 2 saturated heterocycles. The lowest BCUT2D eigenvalue weighted by molar-refractivity contribution is -0.136. The third-order valence-electron chi connectivity index (χ3n) is 6.71. The first-order valence-corrected chi connectivity index (χ1v) is 12.9. The van der Waals surface area contributed by atoms with Crippen LogP contribution in [0.15, 0.2) is 71.6 Å². The normalized spacial score (nSPS) is 19.2. The van der Waals surface area contributed by atoms with Gasteiger partial charge >= 0.3 is 0 Å². The topological polar surface area (TPSA) is 102 Å². The molecule has 0 saturated carbocycles. The van der Waals surface area contributed by atoms with Crippen LogP contribution in [0.4, 0.5) is 5.69 Å². The molecule has 3 aromatic rings. The zero-order valence-corrected chi connectivity index (χ0v) is 19.8. The first-order chi connectivity index (χ1) is 16.9. The zero-order chi connectivity index (χ0) is 24.6. The monoisotopic (exact) mass is 488 g/mol. The van der Waals surface area contributed by atoms with Gasteiger partial charge in [-0.25, -0.2) is 8.42 Å². The predicted molar refractivity (Wildman–Crippen MR) is 131 cm³/mol. The number of rotatable bonds is 4.